The van der Waals surface area contributed by atoms with E-state index >= 15 is 0 Å². The molecule has 170 valence electrons. The molecule has 2 aromatic carbocycles. The number of carboxylic acids is 1. The molecule has 1 aliphatic rings. The topological polar surface area (TPSA) is 109 Å². The largest absolute Gasteiger partial charge is 0.508 e. The lowest BCUT2D eigenvalue weighted by atomic mass is 10.0. The number of carbonyl (C=O) groups is 1. The predicted octanol–water partition coefficient (Wildman–Crippen LogP) is 3.16. The third-order valence-corrected chi connectivity index (χ3v) is 7.72. The number of phenolic OH excluding ortho intramolecular Hbond substituents is 1. The molecule has 2 heterocycles. The van der Waals surface area contributed by atoms with E-state index in [9.17, 15) is 23.4 Å². The first-order valence-electron chi connectivity index (χ1n) is 10.4. The summed E-state index contributed by atoms with van der Waals surface area (Å²) >= 11 is 0. The van der Waals surface area contributed by atoms with E-state index in [1.54, 1.807) is 35.9 Å². The van der Waals surface area contributed by atoms with Gasteiger partial charge in [-0.15, -0.1) is 0 Å². The summed E-state index contributed by atoms with van der Waals surface area (Å²) in [6, 6.07) is 9.28. The van der Waals surface area contributed by atoms with Crippen LogP contribution in [0.4, 0.5) is 0 Å². The summed E-state index contributed by atoms with van der Waals surface area (Å²) in [5.41, 5.74) is 1.18. The molecular formula is C23H26N2O6S. The fraction of sp³-hybridized carbons (Fsp3) is 0.348. The third kappa shape index (κ3) is 3.93. The Bertz CT molecular complexity index is 1290. The number of aryl methyl sites for hydroxylation is 1. The van der Waals surface area contributed by atoms with Crippen molar-refractivity contribution >= 4 is 26.7 Å². The molecule has 4 rings (SSSR count). The van der Waals surface area contributed by atoms with Crippen LogP contribution in [0.5, 0.6) is 11.5 Å². The fourth-order valence-electron chi connectivity index (χ4n) is 4.42. The number of likely N-dealkylation sites (tertiary alicyclic amines) is 1. The Labute approximate surface area is 186 Å². The second-order valence-electron chi connectivity index (χ2n) is 8.06. The molecular weight excluding hydrogens is 432 g/mol. The Hall–Kier alpha value is -3.04. The van der Waals surface area contributed by atoms with E-state index < -0.39 is 21.6 Å². The number of fused-ring (bicyclic) bond motifs is 1. The molecule has 0 aliphatic carbocycles. The SMILES string of the molecule is COc1cccc(S(=O)(=O)Cc2c(C(=O)O)c3c(CN4CCCC4)c(O)ccc3n2C)c1. The maximum atomic E-state index is 13.2. The summed E-state index contributed by atoms with van der Waals surface area (Å²) in [6.07, 6.45) is 2.11. The van der Waals surface area contributed by atoms with Gasteiger partial charge in [-0.1, -0.05) is 6.07 Å². The Kier molecular flexibility index (Phi) is 5.87. The number of aromatic hydroxyl groups is 1. The van der Waals surface area contributed by atoms with Crippen LogP contribution < -0.4 is 4.74 Å². The van der Waals surface area contributed by atoms with Crippen LogP contribution in [-0.4, -0.2) is 54.3 Å². The van der Waals surface area contributed by atoms with Crippen molar-refractivity contribution < 1.29 is 28.2 Å². The minimum Gasteiger partial charge on any atom is -0.508 e. The number of aromatic carboxylic acids is 1. The number of benzene rings is 2. The minimum atomic E-state index is -3.85. The predicted molar refractivity (Wildman–Crippen MR) is 120 cm³/mol. The first kappa shape index (κ1) is 22.2. The van der Waals surface area contributed by atoms with Crippen LogP contribution in [0, 0.1) is 0 Å². The molecule has 0 radical (unpaired) electrons. The Morgan fingerprint density at radius 1 is 1.16 bits per heavy atom. The standard InChI is InChI=1S/C23H26N2O6S/c1-24-18-8-9-20(26)17(13-25-10-3-4-11-25)21(18)22(23(27)28)19(24)14-32(29,30)16-7-5-6-15(12-16)31-2/h5-9,12,26H,3-4,10-11,13-14H2,1-2H3,(H,27,28). The van der Waals surface area contributed by atoms with Gasteiger partial charge in [-0.2, -0.15) is 0 Å². The van der Waals surface area contributed by atoms with Gasteiger partial charge >= 0.3 is 5.97 Å². The van der Waals surface area contributed by atoms with Crippen molar-refractivity contribution in [3.63, 3.8) is 0 Å². The van der Waals surface area contributed by atoms with Gasteiger partial charge in [0.25, 0.3) is 0 Å². The third-order valence-electron chi connectivity index (χ3n) is 6.09. The van der Waals surface area contributed by atoms with Crippen LogP contribution in [0.3, 0.4) is 0 Å². The number of methoxy groups -OCH3 is 1. The van der Waals surface area contributed by atoms with Gasteiger partial charge in [0.2, 0.25) is 0 Å². The first-order chi connectivity index (χ1) is 15.2. The van der Waals surface area contributed by atoms with Crippen LogP contribution >= 0.6 is 0 Å². The highest BCUT2D eigenvalue weighted by molar-refractivity contribution is 7.90. The van der Waals surface area contributed by atoms with Gasteiger partial charge < -0.3 is 19.5 Å². The van der Waals surface area contributed by atoms with Crippen molar-refractivity contribution in [2.45, 2.75) is 30.0 Å². The average molecular weight is 459 g/mol. The van der Waals surface area contributed by atoms with Gasteiger partial charge in [0.1, 0.15) is 11.5 Å². The maximum Gasteiger partial charge on any atom is 0.338 e. The Balaban J connectivity index is 1.87. The molecule has 1 aromatic heterocycles. The Morgan fingerprint density at radius 3 is 2.53 bits per heavy atom. The monoisotopic (exact) mass is 458 g/mol. The number of hydrogen-bond acceptors (Lipinski definition) is 6. The lowest BCUT2D eigenvalue weighted by molar-refractivity contribution is 0.0697. The minimum absolute atomic E-state index is 0.0136. The highest BCUT2D eigenvalue weighted by atomic mass is 32.2. The summed E-state index contributed by atoms with van der Waals surface area (Å²) in [7, 11) is -0.749. The first-order valence-corrected chi connectivity index (χ1v) is 12.0. The molecule has 1 saturated heterocycles. The zero-order valence-corrected chi connectivity index (χ0v) is 18.9. The molecule has 0 amide bonds. The molecule has 0 bridgehead atoms. The molecule has 9 heteroatoms. The lowest BCUT2D eigenvalue weighted by Gasteiger charge is -2.17. The van der Waals surface area contributed by atoms with E-state index in [4.69, 9.17) is 4.74 Å². The molecule has 3 aromatic rings. The summed E-state index contributed by atoms with van der Waals surface area (Å²) in [4.78, 5) is 14.6. The summed E-state index contributed by atoms with van der Waals surface area (Å²) in [6.45, 7) is 2.17. The van der Waals surface area contributed by atoms with Crippen LogP contribution in [0.1, 0.15) is 34.5 Å². The number of aromatic nitrogens is 1. The second kappa shape index (κ2) is 8.48. The van der Waals surface area contributed by atoms with Crippen LogP contribution in [0.25, 0.3) is 10.9 Å². The molecule has 0 saturated carbocycles. The summed E-state index contributed by atoms with van der Waals surface area (Å²) < 4.78 is 33.1. The van der Waals surface area contributed by atoms with Crippen LogP contribution in [0.2, 0.25) is 0 Å². The van der Waals surface area contributed by atoms with E-state index in [-0.39, 0.29) is 21.9 Å². The van der Waals surface area contributed by atoms with Crippen molar-refractivity contribution in [2.75, 3.05) is 20.2 Å². The number of carboxylic acid groups (broad SMARTS) is 1. The number of nitrogens with zero attached hydrogens (tertiary/aromatic N) is 2. The summed E-state index contributed by atoms with van der Waals surface area (Å²) in [5.74, 6) is -1.30. The van der Waals surface area contributed by atoms with E-state index in [2.05, 4.69) is 4.90 Å². The van der Waals surface area contributed by atoms with Gasteiger partial charge in [0, 0.05) is 35.8 Å². The fourth-order valence-corrected chi connectivity index (χ4v) is 5.87. The van der Waals surface area contributed by atoms with Crippen molar-refractivity contribution in [2.24, 2.45) is 7.05 Å². The van der Waals surface area contributed by atoms with Gasteiger partial charge in [0.15, 0.2) is 9.84 Å². The number of phenols is 1. The van der Waals surface area contributed by atoms with E-state index in [1.165, 1.54) is 19.2 Å². The van der Waals surface area contributed by atoms with Gasteiger partial charge in [-0.25, -0.2) is 13.2 Å². The van der Waals surface area contributed by atoms with E-state index in [0.717, 1.165) is 25.9 Å². The van der Waals surface area contributed by atoms with E-state index in [1.807, 2.05) is 0 Å². The summed E-state index contributed by atoms with van der Waals surface area (Å²) in [5, 5.41) is 21.1. The van der Waals surface area contributed by atoms with Gasteiger partial charge in [-0.05, 0) is 56.3 Å². The molecule has 0 spiro atoms. The van der Waals surface area contributed by atoms with Crippen LogP contribution in [-0.2, 0) is 29.2 Å². The number of hydrogen-bond donors (Lipinski definition) is 2. The van der Waals surface area contributed by atoms with Crippen molar-refractivity contribution in [1.29, 1.82) is 0 Å². The van der Waals surface area contributed by atoms with Gasteiger partial charge in [-0.3, -0.25) is 4.90 Å². The highest BCUT2D eigenvalue weighted by Gasteiger charge is 2.29. The zero-order valence-electron chi connectivity index (χ0n) is 18.0. The van der Waals surface area contributed by atoms with Gasteiger partial charge in [0.05, 0.1) is 23.3 Å². The Morgan fingerprint density at radius 2 is 1.88 bits per heavy atom. The molecule has 8 nitrogen and oxygen atoms in total. The molecule has 32 heavy (non-hydrogen) atoms. The zero-order chi connectivity index (χ0) is 23.0. The lowest BCUT2D eigenvalue weighted by Crippen LogP contribution is -2.19. The van der Waals surface area contributed by atoms with Crippen molar-refractivity contribution in [3.05, 3.63) is 53.2 Å². The quantitative estimate of drug-likeness (QED) is 0.560. The highest BCUT2D eigenvalue weighted by Crippen LogP contribution is 2.36. The number of sulfone groups is 1. The molecule has 2 N–H and O–H groups in total. The average Bonchev–Trinajstić information content (AvgIpc) is 3.37. The normalized spacial score (nSPS) is 14.8. The number of ether oxygens (including phenoxy) is 1. The molecule has 0 atom stereocenters. The molecule has 1 aliphatic heterocycles. The van der Waals surface area contributed by atoms with E-state index in [0.29, 0.717) is 28.8 Å². The molecule has 1 fully saturated rings. The van der Waals surface area contributed by atoms with Crippen molar-refractivity contribution in [3.8, 4) is 11.5 Å². The van der Waals surface area contributed by atoms with Crippen LogP contribution in [0.15, 0.2) is 41.3 Å². The number of rotatable bonds is 7. The molecule has 0 unspecified atom stereocenters. The maximum absolute atomic E-state index is 13.2. The second-order valence-corrected chi connectivity index (χ2v) is 10.1. The van der Waals surface area contributed by atoms with Crippen molar-refractivity contribution in [1.82, 2.24) is 9.47 Å². The smallest absolute Gasteiger partial charge is 0.338 e.